The maximum atomic E-state index is 11.9. The van der Waals surface area contributed by atoms with E-state index in [-0.39, 0.29) is 41.4 Å². The second-order valence-electron chi connectivity index (χ2n) is 9.56. The molecule has 2 heterocycles. The normalized spacial score (nSPS) is 24.1. The fourth-order valence-electron chi connectivity index (χ4n) is 4.38. The molecular weight excluding hydrogens is 493 g/mol. The number of guanidine groups is 1. The molecule has 7 nitrogen and oxygen atoms in total. The summed E-state index contributed by atoms with van der Waals surface area (Å²) in [6, 6.07) is 0.400. The molecule has 0 radical (unpaired) electrons. The van der Waals surface area contributed by atoms with Crippen molar-refractivity contribution in [3.8, 4) is 0 Å². The molecule has 0 spiro atoms. The van der Waals surface area contributed by atoms with Crippen molar-refractivity contribution in [3.05, 3.63) is 0 Å². The van der Waals surface area contributed by atoms with Crippen molar-refractivity contribution in [2.75, 3.05) is 46.4 Å². The molecule has 2 aliphatic heterocycles. The first-order chi connectivity index (χ1) is 13.8. The smallest absolute Gasteiger partial charge is 0.234 e. The zero-order chi connectivity index (χ0) is 21.3. The molecule has 0 aliphatic carbocycles. The van der Waals surface area contributed by atoms with Gasteiger partial charge >= 0.3 is 0 Å². The zero-order valence-electron chi connectivity index (χ0n) is 19.6. The summed E-state index contributed by atoms with van der Waals surface area (Å²) in [7, 11) is 1.83. The van der Waals surface area contributed by atoms with Crippen LogP contribution in [-0.2, 0) is 9.53 Å². The van der Waals surface area contributed by atoms with Gasteiger partial charge in [0.05, 0.1) is 12.6 Å². The van der Waals surface area contributed by atoms with Gasteiger partial charge in [0, 0.05) is 51.8 Å². The molecule has 0 aromatic rings. The van der Waals surface area contributed by atoms with Gasteiger partial charge in [0.15, 0.2) is 5.96 Å². The number of hydrogen-bond donors (Lipinski definition) is 3. The Hall–Kier alpha value is -0.610. The molecule has 0 aromatic heterocycles. The van der Waals surface area contributed by atoms with Gasteiger partial charge in [-0.05, 0) is 37.5 Å². The van der Waals surface area contributed by atoms with E-state index in [0.717, 1.165) is 64.4 Å². The Morgan fingerprint density at radius 3 is 2.47 bits per heavy atom. The number of carbonyl (C=O) groups is 1. The minimum atomic E-state index is 0. The highest BCUT2D eigenvalue weighted by Crippen LogP contribution is 2.33. The van der Waals surface area contributed by atoms with Gasteiger partial charge in [-0.3, -0.25) is 14.7 Å². The van der Waals surface area contributed by atoms with Crippen molar-refractivity contribution in [2.24, 2.45) is 16.3 Å². The lowest BCUT2D eigenvalue weighted by molar-refractivity contribution is -0.122. The number of carbonyl (C=O) groups excluding carboxylic acids is 1. The van der Waals surface area contributed by atoms with E-state index in [1.165, 1.54) is 6.42 Å². The van der Waals surface area contributed by atoms with Gasteiger partial charge in [0.25, 0.3) is 0 Å². The molecule has 0 saturated carbocycles. The predicted molar refractivity (Wildman–Crippen MR) is 135 cm³/mol. The Balaban J connectivity index is 0.00000450. The summed E-state index contributed by atoms with van der Waals surface area (Å²) in [6.07, 6.45) is 5.65. The number of nitrogens with zero attached hydrogens (tertiary/aromatic N) is 2. The van der Waals surface area contributed by atoms with Crippen molar-refractivity contribution in [1.82, 2.24) is 20.9 Å². The van der Waals surface area contributed by atoms with Crippen molar-refractivity contribution in [1.29, 1.82) is 0 Å². The third kappa shape index (κ3) is 9.26. The van der Waals surface area contributed by atoms with E-state index in [2.05, 4.69) is 53.5 Å². The van der Waals surface area contributed by atoms with Crippen LogP contribution in [0.1, 0.15) is 59.8 Å². The molecule has 0 bridgehead atoms. The van der Waals surface area contributed by atoms with Gasteiger partial charge in [-0.1, -0.05) is 27.7 Å². The fourth-order valence-corrected chi connectivity index (χ4v) is 4.38. The van der Waals surface area contributed by atoms with Gasteiger partial charge in [-0.25, -0.2) is 0 Å². The highest BCUT2D eigenvalue weighted by molar-refractivity contribution is 14.0. The summed E-state index contributed by atoms with van der Waals surface area (Å²) >= 11 is 0. The second-order valence-corrected chi connectivity index (χ2v) is 9.56. The number of halogens is 1. The summed E-state index contributed by atoms with van der Waals surface area (Å²) in [6.45, 7) is 13.8. The van der Waals surface area contributed by atoms with Crippen molar-refractivity contribution in [3.63, 3.8) is 0 Å². The fraction of sp³-hybridized carbons (Fsp3) is 0.909. The molecule has 2 rings (SSSR count). The van der Waals surface area contributed by atoms with E-state index >= 15 is 0 Å². The Morgan fingerprint density at radius 2 is 1.87 bits per heavy atom. The van der Waals surface area contributed by atoms with Crippen LogP contribution in [0.2, 0.25) is 0 Å². The standard InChI is InChI=1S/C22H43N5O2.HI/c1-6-11-24-19(28)16-27-12-9-18(10-13-27)26-21(23-5)25-15-17-8-7-14-29-20(17)22(2,3)4;/h17-18,20H,6-16H2,1-5H3,(H,24,28)(H2,23,25,26);1H. The summed E-state index contributed by atoms with van der Waals surface area (Å²) in [5.41, 5.74) is 0.153. The Kier molecular flexibility index (Phi) is 12.5. The lowest BCUT2D eigenvalue weighted by Gasteiger charge is -2.40. The van der Waals surface area contributed by atoms with Gasteiger partial charge in [-0.15, -0.1) is 24.0 Å². The van der Waals surface area contributed by atoms with Crippen molar-refractivity contribution < 1.29 is 9.53 Å². The van der Waals surface area contributed by atoms with Gasteiger partial charge in [0.1, 0.15) is 0 Å². The van der Waals surface area contributed by atoms with E-state index in [1.807, 2.05) is 7.05 Å². The molecule has 176 valence electrons. The van der Waals surface area contributed by atoms with Crippen LogP contribution in [0.25, 0.3) is 0 Å². The monoisotopic (exact) mass is 537 g/mol. The van der Waals surface area contributed by atoms with Crippen LogP contribution in [0, 0.1) is 11.3 Å². The van der Waals surface area contributed by atoms with Gasteiger partial charge in [-0.2, -0.15) is 0 Å². The van der Waals surface area contributed by atoms with Crippen LogP contribution >= 0.6 is 24.0 Å². The molecule has 2 atom stereocenters. The second kappa shape index (κ2) is 13.7. The van der Waals surface area contributed by atoms with Crippen LogP contribution in [-0.4, -0.2) is 75.3 Å². The number of aliphatic imine (C=N–C) groups is 1. The molecular formula is C22H44IN5O2. The Bertz CT molecular complexity index is 530. The average Bonchev–Trinajstić information content (AvgIpc) is 2.70. The van der Waals surface area contributed by atoms with Crippen LogP contribution in [0.3, 0.4) is 0 Å². The molecule has 8 heteroatoms. The SMILES string of the molecule is CCCNC(=O)CN1CCC(NC(=NC)NCC2CCCOC2C(C)(C)C)CC1.I. The number of hydrogen-bond acceptors (Lipinski definition) is 4. The van der Waals surface area contributed by atoms with Crippen LogP contribution in [0.5, 0.6) is 0 Å². The summed E-state index contributed by atoms with van der Waals surface area (Å²) in [5.74, 6) is 1.52. The number of amides is 1. The minimum absolute atomic E-state index is 0. The molecule has 1 amide bonds. The molecule has 30 heavy (non-hydrogen) atoms. The van der Waals surface area contributed by atoms with Crippen LogP contribution in [0.4, 0.5) is 0 Å². The maximum absolute atomic E-state index is 11.9. The first-order valence-corrected chi connectivity index (χ1v) is 11.4. The summed E-state index contributed by atoms with van der Waals surface area (Å²) in [5, 5.41) is 10.1. The highest BCUT2D eigenvalue weighted by Gasteiger charge is 2.35. The number of ether oxygens (including phenoxy) is 1. The first-order valence-electron chi connectivity index (χ1n) is 11.4. The molecule has 2 fully saturated rings. The summed E-state index contributed by atoms with van der Waals surface area (Å²) in [4.78, 5) is 18.6. The number of likely N-dealkylation sites (tertiary alicyclic amines) is 1. The van der Waals surface area contributed by atoms with E-state index in [9.17, 15) is 4.79 Å². The molecule has 0 aromatic carbocycles. The third-order valence-corrected chi connectivity index (χ3v) is 5.92. The molecule has 2 saturated heterocycles. The largest absolute Gasteiger partial charge is 0.377 e. The van der Waals surface area contributed by atoms with Crippen molar-refractivity contribution >= 4 is 35.8 Å². The van der Waals surface area contributed by atoms with Crippen molar-refractivity contribution in [2.45, 2.75) is 71.9 Å². The quantitative estimate of drug-likeness (QED) is 0.265. The first kappa shape index (κ1) is 27.4. The zero-order valence-corrected chi connectivity index (χ0v) is 22.0. The lowest BCUT2D eigenvalue weighted by atomic mass is 9.78. The van der Waals surface area contributed by atoms with E-state index in [1.54, 1.807) is 0 Å². The van der Waals surface area contributed by atoms with E-state index in [0.29, 0.717) is 18.5 Å². The Labute approximate surface area is 200 Å². The van der Waals surface area contributed by atoms with Gasteiger partial charge in [0.2, 0.25) is 5.91 Å². The van der Waals surface area contributed by atoms with E-state index in [4.69, 9.17) is 4.74 Å². The Morgan fingerprint density at radius 1 is 1.17 bits per heavy atom. The predicted octanol–water partition coefficient (Wildman–Crippen LogP) is 2.60. The average molecular weight is 538 g/mol. The maximum Gasteiger partial charge on any atom is 0.234 e. The molecule has 2 unspecified atom stereocenters. The third-order valence-electron chi connectivity index (χ3n) is 5.92. The minimum Gasteiger partial charge on any atom is -0.377 e. The number of rotatable bonds is 7. The molecule has 2 aliphatic rings. The topological polar surface area (TPSA) is 78.0 Å². The molecule has 3 N–H and O–H groups in total. The van der Waals surface area contributed by atoms with Crippen LogP contribution < -0.4 is 16.0 Å². The van der Waals surface area contributed by atoms with Crippen LogP contribution in [0.15, 0.2) is 4.99 Å². The lowest BCUT2D eigenvalue weighted by Crippen LogP contribution is -2.52. The number of nitrogens with one attached hydrogen (secondary N) is 3. The highest BCUT2D eigenvalue weighted by atomic mass is 127. The summed E-state index contributed by atoms with van der Waals surface area (Å²) < 4.78 is 6.10. The van der Waals surface area contributed by atoms with Gasteiger partial charge < -0.3 is 20.7 Å². The van der Waals surface area contributed by atoms with E-state index < -0.39 is 0 Å². The number of piperidine rings is 1.